The van der Waals surface area contributed by atoms with Crippen LogP contribution >= 0.6 is 11.6 Å². The highest BCUT2D eigenvalue weighted by Crippen LogP contribution is 2.36. The molecule has 2 nitrogen and oxygen atoms in total. The Hall–Kier alpha value is -0.940. The van der Waals surface area contributed by atoms with E-state index in [4.69, 9.17) is 17.3 Å². The first kappa shape index (κ1) is 15.4. The first-order chi connectivity index (χ1) is 9.37. The third-order valence-electron chi connectivity index (χ3n) is 3.72. The molecule has 0 heterocycles. The highest BCUT2D eigenvalue weighted by Gasteiger charge is 2.32. The fraction of sp³-hybridized carbons (Fsp3) is 0.571. The predicted molar refractivity (Wildman–Crippen MR) is 71.6 cm³/mol. The first-order valence-corrected chi connectivity index (χ1v) is 7.05. The van der Waals surface area contributed by atoms with Crippen LogP contribution in [0.25, 0.3) is 0 Å². The largest absolute Gasteiger partial charge is 0.573 e. The highest BCUT2D eigenvalue weighted by molar-refractivity contribution is 6.32. The van der Waals surface area contributed by atoms with Crippen molar-refractivity contribution >= 4 is 11.6 Å². The number of rotatable bonds is 3. The lowest BCUT2D eigenvalue weighted by atomic mass is 9.81. The van der Waals surface area contributed by atoms with Crippen molar-refractivity contribution in [2.45, 2.75) is 44.5 Å². The van der Waals surface area contributed by atoms with Gasteiger partial charge in [-0.25, -0.2) is 0 Å². The Morgan fingerprint density at radius 3 is 2.40 bits per heavy atom. The summed E-state index contributed by atoms with van der Waals surface area (Å²) in [5, 5.41) is -0.0638. The second-order valence-electron chi connectivity index (χ2n) is 5.16. The van der Waals surface area contributed by atoms with Crippen LogP contribution in [-0.2, 0) is 0 Å². The summed E-state index contributed by atoms with van der Waals surface area (Å²) in [6.45, 7) is 0. The molecule has 0 spiro atoms. The van der Waals surface area contributed by atoms with Crippen molar-refractivity contribution in [2.75, 3.05) is 0 Å². The Balaban J connectivity index is 2.11. The van der Waals surface area contributed by atoms with Crippen molar-refractivity contribution < 1.29 is 17.9 Å². The summed E-state index contributed by atoms with van der Waals surface area (Å²) in [5.74, 6) is -0.0204. The molecule has 1 aromatic carbocycles. The van der Waals surface area contributed by atoms with Gasteiger partial charge in [-0.2, -0.15) is 0 Å². The van der Waals surface area contributed by atoms with Gasteiger partial charge in [0.1, 0.15) is 5.75 Å². The van der Waals surface area contributed by atoms with Gasteiger partial charge in [0.05, 0.1) is 5.02 Å². The molecule has 2 N–H and O–H groups in total. The fourth-order valence-electron chi connectivity index (χ4n) is 2.70. The average molecular weight is 308 g/mol. The van der Waals surface area contributed by atoms with E-state index in [2.05, 4.69) is 4.74 Å². The SMILES string of the molecule is N[C@H](c1ccc(OC(F)(F)F)c(Cl)c1)C1CCCCC1. The van der Waals surface area contributed by atoms with Crippen LogP contribution in [-0.4, -0.2) is 6.36 Å². The molecular weight excluding hydrogens is 291 g/mol. The fourth-order valence-corrected chi connectivity index (χ4v) is 2.92. The summed E-state index contributed by atoms with van der Waals surface area (Å²) >= 11 is 5.84. The van der Waals surface area contributed by atoms with E-state index in [9.17, 15) is 13.2 Å². The van der Waals surface area contributed by atoms with Gasteiger partial charge in [0.25, 0.3) is 0 Å². The van der Waals surface area contributed by atoms with Gasteiger partial charge in [-0.1, -0.05) is 36.9 Å². The van der Waals surface area contributed by atoms with Gasteiger partial charge in [0.15, 0.2) is 0 Å². The Labute approximate surface area is 121 Å². The molecule has 0 amide bonds. The van der Waals surface area contributed by atoms with Gasteiger partial charge in [-0.05, 0) is 36.5 Å². The predicted octanol–water partition coefficient (Wildman–Crippen LogP) is 4.82. The minimum absolute atomic E-state index is 0.0638. The number of benzene rings is 1. The molecule has 0 radical (unpaired) electrons. The summed E-state index contributed by atoms with van der Waals surface area (Å²) in [5.41, 5.74) is 6.95. The summed E-state index contributed by atoms with van der Waals surface area (Å²) in [7, 11) is 0. The standard InChI is InChI=1S/C14H17ClF3NO/c15-11-8-10(6-7-12(11)20-14(16,17)18)13(19)9-4-2-1-3-5-9/h6-9,13H,1-5,19H2/t13-/m0/s1. The van der Waals surface area contributed by atoms with E-state index < -0.39 is 12.1 Å². The highest BCUT2D eigenvalue weighted by atomic mass is 35.5. The number of ether oxygens (including phenoxy) is 1. The van der Waals surface area contributed by atoms with Gasteiger partial charge in [-0.3, -0.25) is 0 Å². The van der Waals surface area contributed by atoms with Crippen molar-refractivity contribution in [3.63, 3.8) is 0 Å². The molecule has 0 aromatic heterocycles. The molecular formula is C14H17ClF3NO. The van der Waals surface area contributed by atoms with Crippen molar-refractivity contribution in [1.29, 1.82) is 0 Å². The van der Waals surface area contributed by atoms with E-state index in [0.29, 0.717) is 5.92 Å². The molecule has 2 rings (SSSR count). The second-order valence-corrected chi connectivity index (χ2v) is 5.57. The number of hydrogen-bond donors (Lipinski definition) is 1. The zero-order chi connectivity index (χ0) is 14.8. The molecule has 112 valence electrons. The van der Waals surface area contributed by atoms with Crippen LogP contribution in [0.5, 0.6) is 5.75 Å². The Morgan fingerprint density at radius 1 is 1.20 bits per heavy atom. The third kappa shape index (κ3) is 4.03. The lowest BCUT2D eigenvalue weighted by molar-refractivity contribution is -0.274. The molecule has 20 heavy (non-hydrogen) atoms. The van der Waals surface area contributed by atoms with Gasteiger partial charge in [0, 0.05) is 6.04 Å². The van der Waals surface area contributed by atoms with Crippen molar-refractivity contribution in [3.8, 4) is 5.75 Å². The molecule has 6 heteroatoms. The van der Waals surface area contributed by atoms with Crippen LogP contribution < -0.4 is 10.5 Å². The summed E-state index contributed by atoms with van der Waals surface area (Å²) in [6, 6.07) is 4.08. The van der Waals surface area contributed by atoms with Crippen LogP contribution in [0.2, 0.25) is 5.02 Å². The zero-order valence-electron chi connectivity index (χ0n) is 10.9. The maximum absolute atomic E-state index is 12.2. The number of halogens is 4. The minimum atomic E-state index is -4.74. The molecule has 1 aliphatic carbocycles. The maximum atomic E-state index is 12.2. The van der Waals surface area contributed by atoms with E-state index in [0.717, 1.165) is 31.2 Å². The molecule has 1 saturated carbocycles. The van der Waals surface area contributed by atoms with Crippen LogP contribution in [0.15, 0.2) is 18.2 Å². The molecule has 1 aromatic rings. The van der Waals surface area contributed by atoms with E-state index in [1.807, 2.05) is 0 Å². The van der Waals surface area contributed by atoms with Gasteiger partial charge in [0.2, 0.25) is 0 Å². The maximum Gasteiger partial charge on any atom is 0.573 e. The Morgan fingerprint density at radius 2 is 1.85 bits per heavy atom. The number of hydrogen-bond acceptors (Lipinski definition) is 2. The van der Waals surface area contributed by atoms with Gasteiger partial charge < -0.3 is 10.5 Å². The van der Waals surface area contributed by atoms with Crippen molar-refractivity contribution in [1.82, 2.24) is 0 Å². The molecule has 0 bridgehead atoms. The summed E-state index contributed by atoms with van der Waals surface area (Å²) in [4.78, 5) is 0. The van der Waals surface area contributed by atoms with Gasteiger partial charge >= 0.3 is 6.36 Å². The van der Waals surface area contributed by atoms with Crippen molar-refractivity contribution in [3.05, 3.63) is 28.8 Å². The smallest absolute Gasteiger partial charge is 0.404 e. The molecule has 1 aliphatic rings. The van der Waals surface area contributed by atoms with Crippen LogP contribution in [0.3, 0.4) is 0 Å². The van der Waals surface area contributed by atoms with Crippen LogP contribution in [0.1, 0.15) is 43.7 Å². The second kappa shape index (κ2) is 6.22. The third-order valence-corrected chi connectivity index (χ3v) is 4.02. The number of nitrogens with two attached hydrogens (primary N) is 1. The molecule has 0 aliphatic heterocycles. The van der Waals surface area contributed by atoms with E-state index in [1.54, 1.807) is 6.07 Å². The van der Waals surface area contributed by atoms with E-state index in [1.165, 1.54) is 18.6 Å². The van der Waals surface area contributed by atoms with Crippen LogP contribution in [0, 0.1) is 5.92 Å². The Kier molecular flexibility index (Phi) is 4.81. The van der Waals surface area contributed by atoms with Crippen molar-refractivity contribution in [2.24, 2.45) is 11.7 Å². The van der Waals surface area contributed by atoms with Crippen LogP contribution in [0.4, 0.5) is 13.2 Å². The lowest BCUT2D eigenvalue weighted by Crippen LogP contribution is -2.23. The summed E-state index contributed by atoms with van der Waals surface area (Å²) < 4.78 is 40.3. The number of alkyl halides is 3. The normalized spacial score (nSPS) is 18.9. The molecule has 1 atom stereocenters. The van der Waals surface area contributed by atoms with E-state index in [-0.39, 0.29) is 11.1 Å². The topological polar surface area (TPSA) is 35.2 Å². The minimum Gasteiger partial charge on any atom is -0.404 e. The zero-order valence-corrected chi connectivity index (χ0v) is 11.7. The quantitative estimate of drug-likeness (QED) is 0.869. The first-order valence-electron chi connectivity index (χ1n) is 6.67. The lowest BCUT2D eigenvalue weighted by Gasteiger charge is -2.28. The summed E-state index contributed by atoms with van der Waals surface area (Å²) in [6.07, 6.45) is 0.904. The average Bonchev–Trinajstić information content (AvgIpc) is 2.40. The molecule has 0 unspecified atom stereocenters. The molecule has 0 saturated heterocycles. The molecule has 1 fully saturated rings. The van der Waals surface area contributed by atoms with Gasteiger partial charge in [-0.15, -0.1) is 13.2 Å². The van der Waals surface area contributed by atoms with E-state index >= 15 is 0 Å². The monoisotopic (exact) mass is 307 g/mol. The Bertz CT molecular complexity index is 458.